The van der Waals surface area contributed by atoms with Crippen LogP contribution in [-0.2, 0) is 0 Å². The number of benzene rings is 1. The maximum atomic E-state index is 4.42. The minimum atomic E-state index is 0.940. The third kappa shape index (κ3) is 1.73. The Kier molecular flexibility index (Phi) is 2.35. The summed E-state index contributed by atoms with van der Waals surface area (Å²) >= 11 is 6.79. The quantitative estimate of drug-likeness (QED) is 0.629. The molecule has 0 atom stereocenters. The Balaban J connectivity index is 2.19. The first kappa shape index (κ1) is 9.51. The Morgan fingerprint density at radius 1 is 1.20 bits per heavy atom. The van der Waals surface area contributed by atoms with Crippen LogP contribution in [0.1, 0.15) is 0 Å². The molecular formula is C11H6BrNS2. The van der Waals surface area contributed by atoms with Crippen LogP contribution < -0.4 is 0 Å². The monoisotopic (exact) mass is 295 g/mol. The average Bonchev–Trinajstić information content (AvgIpc) is 2.82. The predicted molar refractivity (Wildman–Crippen MR) is 70.6 cm³/mol. The second-order valence-electron chi connectivity index (χ2n) is 3.13. The molecule has 4 heteroatoms. The van der Waals surface area contributed by atoms with Crippen LogP contribution in [-0.4, -0.2) is 4.98 Å². The van der Waals surface area contributed by atoms with Gasteiger partial charge in [0.1, 0.15) is 0 Å². The predicted octanol–water partition coefficient (Wildman–Crippen LogP) is 4.79. The van der Waals surface area contributed by atoms with E-state index in [1.54, 1.807) is 22.7 Å². The van der Waals surface area contributed by atoms with E-state index in [9.17, 15) is 0 Å². The van der Waals surface area contributed by atoms with Crippen molar-refractivity contribution in [3.8, 4) is 10.6 Å². The van der Waals surface area contributed by atoms with Crippen LogP contribution in [0.15, 0.2) is 39.6 Å². The maximum Gasteiger partial charge on any atom is 0.159 e. The smallest absolute Gasteiger partial charge is 0.159 e. The van der Waals surface area contributed by atoms with Gasteiger partial charge in [0.25, 0.3) is 0 Å². The molecule has 0 spiro atoms. The fourth-order valence-corrected chi connectivity index (χ4v) is 3.58. The summed E-state index contributed by atoms with van der Waals surface area (Å²) in [6.07, 6.45) is 0. The third-order valence-electron chi connectivity index (χ3n) is 2.15. The number of halogens is 1. The van der Waals surface area contributed by atoms with Crippen molar-refractivity contribution in [1.82, 2.24) is 4.98 Å². The zero-order valence-electron chi connectivity index (χ0n) is 7.61. The van der Waals surface area contributed by atoms with Crippen LogP contribution in [0.5, 0.6) is 0 Å². The number of hydrogen-bond donors (Lipinski definition) is 0. The number of nitrogens with zero attached hydrogens (tertiary/aromatic N) is 1. The number of hydrogen-bond acceptors (Lipinski definition) is 3. The fraction of sp³-hybridized carbons (Fsp3) is 0. The minimum absolute atomic E-state index is 0.940. The van der Waals surface area contributed by atoms with Crippen molar-refractivity contribution in [2.45, 2.75) is 0 Å². The molecule has 1 aromatic carbocycles. The highest BCUT2D eigenvalue weighted by molar-refractivity contribution is 9.11. The van der Waals surface area contributed by atoms with Gasteiger partial charge in [0, 0.05) is 10.1 Å². The van der Waals surface area contributed by atoms with Crippen molar-refractivity contribution in [2.24, 2.45) is 0 Å². The molecule has 74 valence electrons. The van der Waals surface area contributed by atoms with E-state index in [-0.39, 0.29) is 0 Å². The number of fused-ring (bicyclic) bond motifs is 1. The highest BCUT2D eigenvalue weighted by Gasteiger charge is 2.06. The Labute approximate surface area is 104 Å². The lowest BCUT2D eigenvalue weighted by molar-refractivity contribution is 1.39. The van der Waals surface area contributed by atoms with Gasteiger partial charge in [-0.05, 0) is 33.4 Å². The van der Waals surface area contributed by atoms with E-state index in [4.69, 9.17) is 0 Å². The largest absolute Gasteiger partial charge is 0.228 e. The van der Waals surface area contributed by atoms with E-state index < -0.39 is 0 Å². The van der Waals surface area contributed by atoms with Crippen molar-refractivity contribution in [3.05, 3.63) is 39.6 Å². The molecule has 0 aliphatic rings. The number of rotatable bonds is 1. The molecule has 3 rings (SSSR count). The molecule has 2 aromatic heterocycles. The molecule has 15 heavy (non-hydrogen) atoms. The molecule has 0 N–H and O–H groups in total. The number of thiophene rings is 1. The van der Waals surface area contributed by atoms with Crippen molar-refractivity contribution < 1.29 is 0 Å². The van der Waals surface area contributed by atoms with Crippen LogP contribution in [0.4, 0.5) is 0 Å². The van der Waals surface area contributed by atoms with Gasteiger partial charge in [0.15, 0.2) is 3.92 Å². The van der Waals surface area contributed by atoms with E-state index in [1.807, 2.05) is 0 Å². The van der Waals surface area contributed by atoms with Crippen molar-refractivity contribution in [2.75, 3.05) is 0 Å². The van der Waals surface area contributed by atoms with E-state index in [2.05, 4.69) is 56.6 Å². The first-order chi connectivity index (χ1) is 7.33. The molecule has 0 aliphatic heterocycles. The highest BCUT2D eigenvalue weighted by Crippen LogP contribution is 2.34. The Hall–Kier alpha value is -0.710. The van der Waals surface area contributed by atoms with Crippen molar-refractivity contribution in [1.29, 1.82) is 0 Å². The lowest BCUT2D eigenvalue weighted by Gasteiger charge is -1.85. The first-order valence-corrected chi connectivity index (χ1v) is 6.92. The molecule has 0 radical (unpaired) electrons. The normalized spacial score (nSPS) is 11.0. The number of aromatic nitrogens is 1. The molecule has 1 nitrogen and oxygen atoms in total. The van der Waals surface area contributed by atoms with Gasteiger partial charge in [-0.15, -0.1) is 22.7 Å². The summed E-state index contributed by atoms with van der Waals surface area (Å²) in [5.74, 6) is 0. The molecule has 0 amide bonds. The van der Waals surface area contributed by atoms with E-state index in [0.717, 1.165) is 9.61 Å². The summed E-state index contributed by atoms with van der Waals surface area (Å²) in [6.45, 7) is 0. The van der Waals surface area contributed by atoms with E-state index in [1.165, 1.54) is 15.0 Å². The standard InChI is InChI=1S/C11H6BrNS2/c12-11-13-8(6-14-11)10-5-7-3-1-2-4-9(7)15-10/h1-6H. The Morgan fingerprint density at radius 2 is 2.07 bits per heavy atom. The Bertz CT molecular complexity index is 579. The van der Waals surface area contributed by atoms with Gasteiger partial charge in [-0.2, -0.15) is 0 Å². The fourth-order valence-electron chi connectivity index (χ4n) is 1.47. The van der Waals surface area contributed by atoms with Crippen LogP contribution in [0.2, 0.25) is 0 Å². The molecular weight excluding hydrogens is 290 g/mol. The summed E-state index contributed by atoms with van der Waals surface area (Å²) in [5, 5.41) is 3.37. The summed E-state index contributed by atoms with van der Waals surface area (Å²) in [6, 6.07) is 10.6. The zero-order chi connectivity index (χ0) is 10.3. The topological polar surface area (TPSA) is 12.9 Å². The van der Waals surface area contributed by atoms with Crippen molar-refractivity contribution in [3.63, 3.8) is 0 Å². The van der Waals surface area contributed by atoms with Crippen LogP contribution in [0.3, 0.4) is 0 Å². The summed E-state index contributed by atoms with van der Waals surface area (Å²) in [5.41, 5.74) is 1.06. The molecule has 0 aliphatic carbocycles. The van der Waals surface area contributed by atoms with Crippen LogP contribution in [0.25, 0.3) is 20.7 Å². The first-order valence-electron chi connectivity index (χ1n) is 4.43. The summed E-state index contributed by atoms with van der Waals surface area (Å²) in [7, 11) is 0. The number of thiazole rings is 1. The van der Waals surface area contributed by atoms with Gasteiger partial charge in [0.2, 0.25) is 0 Å². The zero-order valence-corrected chi connectivity index (χ0v) is 10.8. The minimum Gasteiger partial charge on any atom is -0.228 e. The average molecular weight is 296 g/mol. The lowest BCUT2D eigenvalue weighted by Crippen LogP contribution is -1.68. The molecule has 0 fully saturated rings. The van der Waals surface area contributed by atoms with Crippen LogP contribution in [0, 0.1) is 0 Å². The maximum absolute atomic E-state index is 4.42. The lowest BCUT2D eigenvalue weighted by atomic mass is 10.2. The summed E-state index contributed by atoms with van der Waals surface area (Å²) in [4.78, 5) is 5.66. The van der Waals surface area contributed by atoms with Gasteiger partial charge >= 0.3 is 0 Å². The van der Waals surface area contributed by atoms with Gasteiger partial charge in [0.05, 0.1) is 10.6 Å². The second-order valence-corrected chi connectivity index (χ2v) is 6.35. The Morgan fingerprint density at radius 3 is 2.80 bits per heavy atom. The molecule has 0 saturated carbocycles. The molecule has 0 saturated heterocycles. The highest BCUT2D eigenvalue weighted by atomic mass is 79.9. The third-order valence-corrected chi connectivity index (χ3v) is 4.66. The SMILES string of the molecule is Brc1nc(-c2cc3ccccc3s2)cs1. The van der Waals surface area contributed by atoms with E-state index in [0.29, 0.717) is 0 Å². The van der Waals surface area contributed by atoms with E-state index >= 15 is 0 Å². The molecule has 0 bridgehead atoms. The molecule has 3 aromatic rings. The van der Waals surface area contributed by atoms with Gasteiger partial charge in [-0.3, -0.25) is 0 Å². The second kappa shape index (κ2) is 3.70. The van der Waals surface area contributed by atoms with Gasteiger partial charge < -0.3 is 0 Å². The summed E-state index contributed by atoms with van der Waals surface area (Å²) < 4.78 is 2.26. The van der Waals surface area contributed by atoms with Crippen LogP contribution >= 0.6 is 38.6 Å². The van der Waals surface area contributed by atoms with Gasteiger partial charge in [-0.25, -0.2) is 4.98 Å². The molecule has 2 heterocycles. The molecule has 0 unspecified atom stereocenters. The van der Waals surface area contributed by atoms with Crippen molar-refractivity contribution >= 4 is 48.7 Å². The van der Waals surface area contributed by atoms with Gasteiger partial charge in [-0.1, -0.05) is 18.2 Å².